The van der Waals surface area contributed by atoms with Gasteiger partial charge in [0.15, 0.2) is 6.17 Å². The van der Waals surface area contributed by atoms with Gasteiger partial charge in [0, 0.05) is 0 Å². The molecule has 0 unspecified atom stereocenters. The van der Waals surface area contributed by atoms with Gasteiger partial charge in [-0.3, -0.25) is 0 Å². The monoisotopic (exact) mass is 431 g/mol. The van der Waals surface area contributed by atoms with Crippen LogP contribution in [0.3, 0.4) is 0 Å². The number of esters is 1. The number of rotatable bonds is 11. The van der Waals surface area contributed by atoms with Crippen LogP contribution in [-0.4, -0.2) is 24.9 Å². The minimum Gasteiger partial charge on any atom is -0.493 e. The Kier molecular flexibility index (Phi) is 10.2. The van der Waals surface area contributed by atoms with E-state index in [1.807, 2.05) is 0 Å². The van der Waals surface area contributed by atoms with Crippen LogP contribution in [-0.2, 0) is 9.53 Å². The molecule has 0 heterocycles. The maximum absolute atomic E-state index is 14.0. The van der Waals surface area contributed by atoms with Crippen molar-refractivity contribution in [1.82, 2.24) is 0 Å². The Bertz CT molecular complexity index is 630. The number of benzene rings is 1. The third-order valence-electron chi connectivity index (χ3n) is 6.92. The van der Waals surface area contributed by atoms with Crippen molar-refractivity contribution in [1.29, 1.82) is 0 Å². The van der Waals surface area contributed by atoms with Crippen molar-refractivity contribution < 1.29 is 18.7 Å². The molecule has 3 nitrogen and oxygen atoms in total. The molecule has 0 saturated heterocycles. The lowest BCUT2D eigenvalue weighted by molar-refractivity contribution is -0.157. The first-order valence-electron chi connectivity index (χ1n) is 12.5. The van der Waals surface area contributed by atoms with E-state index in [2.05, 4.69) is 37.6 Å². The summed E-state index contributed by atoms with van der Waals surface area (Å²) in [6.07, 6.45) is 13.5. The smallest absolute Gasteiger partial charge is 0.340 e. The Hall–Kier alpha value is -1.58. The Labute approximate surface area is 188 Å². The standard InChI is InChI=1S/C27H40FO3/c1-2-3-4-8-11-26(28)27(29)31-25-16-12-21(13-17-25)20-30-24-18-14-23(15-19-24)22-9-6-5-7-10-22/h5,14-15,18-19,21-22,25-26H,2-4,6-13,16-17,20H2,1H3/t21-,25-,26-/m1/s1. The zero-order chi connectivity index (χ0) is 21.9. The van der Waals surface area contributed by atoms with E-state index in [4.69, 9.17) is 9.47 Å². The van der Waals surface area contributed by atoms with E-state index in [0.717, 1.165) is 57.1 Å². The van der Waals surface area contributed by atoms with Crippen LogP contribution in [0.15, 0.2) is 24.3 Å². The second-order valence-corrected chi connectivity index (χ2v) is 9.42. The molecule has 2 fully saturated rings. The third kappa shape index (κ3) is 8.12. The molecule has 1 aromatic rings. The molecule has 0 amide bonds. The molecule has 4 heteroatoms. The molecule has 173 valence electrons. The number of carbonyl (C=O) groups is 1. The van der Waals surface area contributed by atoms with Gasteiger partial charge in [-0.2, -0.15) is 0 Å². The van der Waals surface area contributed by atoms with Gasteiger partial charge in [0.1, 0.15) is 11.9 Å². The molecule has 2 aliphatic rings. The average Bonchev–Trinajstić information content (AvgIpc) is 2.82. The quantitative estimate of drug-likeness (QED) is 0.272. The van der Waals surface area contributed by atoms with Gasteiger partial charge >= 0.3 is 5.97 Å². The van der Waals surface area contributed by atoms with Crippen molar-refractivity contribution in [3.63, 3.8) is 0 Å². The van der Waals surface area contributed by atoms with Crippen molar-refractivity contribution in [3.05, 3.63) is 36.2 Å². The highest BCUT2D eigenvalue weighted by Gasteiger charge is 2.27. The summed E-state index contributed by atoms with van der Waals surface area (Å²) in [7, 11) is 0. The summed E-state index contributed by atoms with van der Waals surface area (Å²) >= 11 is 0. The van der Waals surface area contributed by atoms with Crippen molar-refractivity contribution >= 4 is 5.97 Å². The lowest BCUT2D eigenvalue weighted by Crippen LogP contribution is -2.30. The Morgan fingerprint density at radius 2 is 1.71 bits per heavy atom. The van der Waals surface area contributed by atoms with E-state index in [1.54, 1.807) is 0 Å². The van der Waals surface area contributed by atoms with Crippen LogP contribution < -0.4 is 4.74 Å². The SMILES string of the molecule is CCCCCC[C@@H](F)C(=O)O[C@H]1CC[C@H](COc2ccc(C3CC[CH]CC3)cc2)CC1. The largest absolute Gasteiger partial charge is 0.493 e. The zero-order valence-electron chi connectivity index (χ0n) is 19.2. The van der Waals surface area contributed by atoms with Crippen molar-refractivity contribution in [2.75, 3.05) is 6.61 Å². The van der Waals surface area contributed by atoms with Gasteiger partial charge in [0.25, 0.3) is 0 Å². The Morgan fingerprint density at radius 3 is 2.39 bits per heavy atom. The summed E-state index contributed by atoms with van der Waals surface area (Å²) in [5.74, 6) is 1.44. The van der Waals surface area contributed by atoms with Gasteiger partial charge in [-0.15, -0.1) is 0 Å². The summed E-state index contributed by atoms with van der Waals surface area (Å²) in [5, 5.41) is 0. The van der Waals surface area contributed by atoms with Crippen LogP contribution in [0.2, 0.25) is 0 Å². The van der Waals surface area contributed by atoms with Crippen molar-refractivity contribution in [2.24, 2.45) is 5.92 Å². The first-order valence-corrected chi connectivity index (χ1v) is 12.5. The van der Waals surface area contributed by atoms with E-state index < -0.39 is 12.1 Å². The molecule has 0 bridgehead atoms. The highest BCUT2D eigenvalue weighted by molar-refractivity contribution is 5.74. The van der Waals surface area contributed by atoms with Crippen LogP contribution in [0.5, 0.6) is 5.75 Å². The summed E-state index contributed by atoms with van der Waals surface area (Å²) in [5.41, 5.74) is 1.43. The van der Waals surface area contributed by atoms with E-state index in [-0.39, 0.29) is 6.10 Å². The molecule has 0 spiro atoms. The van der Waals surface area contributed by atoms with Gasteiger partial charge in [0.05, 0.1) is 6.61 Å². The molecule has 1 aromatic carbocycles. The van der Waals surface area contributed by atoms with E-state index >= 15 is 0 Å². The molecule has 3 rings (SSSR count). The predicted molar refractivity (Wildman–Crippen MR) is 123 cm³/mol. The highest BCUT2D eigenvalue weighted by atomic mass is 19.1. The lowest BCUT2D eigenvalue weighted by atomic mass is 9.84. The molecular weight excluding hydrogens is 391 g/mol. The molecule has 1 radical (unpaired) electrons. The number of halogens is 1. The molecule has 2 saturated carbocycles. The van der Waals surface area contributed by atoms with E-state index in [9.17, 15) is 9.18 Å². The van der Waals surface area contributed by atoms with Gasteiger partial charge < -0.3 is 9.47 Å². The fraction of sp³-hybridized carbons (Fsp3) is 0.704. The number of hydrogen-bond acceptors (Lipinski definition) is 3. The maximum atomic E-state index is 14.0. The second-order valence-electron chi connectivity index (χ2n) is 9.42. The van der Waals surface area contributed by atoms with Crippen LogP contribution in [0, 0.1) is 12.3 Å². The average molecular weight is 432 g/mol. The molecule has 0 aromatic heterocycles. The number of ether oxygens (including phenoxy) is 2. The number of alkyl halides is 1. The van der Waals surface area contributed by atoms with Crippen LogP contribution in [0.25, 0.3) is 0 Å². The molecular formula is C27H40FO3. The Morgan fingerprint density at radius 1 is 1.00 bits per heavy atom. The van der Waals surface area contributed by atoms with Crippen LogP contribution in [0.4, 0.5) is 4.39 Å². The summed E-state index contributed by atoms with van der Waals surface area (Å²) in [4.78, 5) is 12.0. The third-order valence-corrected chi connectivity index (χ3v) is 6.92. The Balaban J connectivity index is 1.31. The summed E-state index contributed by atoms with van der Waals surface area (Å²) in [6.45, 7) is 2.82. The van der Waals surface area contributed by atoms with Gasteiger partial charge in [-0.05, 0) is 100 Å². The molecule has 0 N–H and O–H groups in total. The van der Waals surface area contributed by atoms with E-state index in [1.165, 1.54) is 31.2 Å². The van der Waals surface area contributed by atoms with Crippen molar-refractivity contribution in [3.8, 4) is 5.75 Å². The fourth-order valence-corrected chi connectivity index (χ4v) is 4.83. The molecule has 0 aliphatic heterocycles. The summed E-state index contributed by atoms with van der Waals surface area (Å²) < 4.78 is 25.5. The maximum Gasteiger partial charge on any atom is 0.340 e. The van der Waals surface area contributed by atoms with E-state index in [0.29, 0.717) is 24.9 Å². The minimum atomic E-state index is -1.47. The summed E-state index contributed by atoms with van der Waals surface area (Å²) in [6, 6.07) is 8.64. The minimum absolute atomic E-state index is 0.135. The molecule has 31 heavy (non-hydrogen) atoms. The number of carbonyl (C=O) groups excluding carboxylic acids is 1. The number of hydrogen-bond donors (Lipinski definition) is 0. The molecule has 2 aliphatic carbocycles. The first kappa shape index (κ1) is 24.1. The van der Waals surface area contributed by atoms with Crippen LogP contribution >= 0.6 is 0 Å². The highest BCUT2D eigenvalue weighted by Crippen LogP contribution is 2.33. The predicted octanol–water partition coefficient (Wildman–Crippen LogP) is 7.34. The van der Waals surface area contributed by atoms with Gasteiger partial charge in [-0.25, -0.2) is 9.18 Å². The second kappa shape index (κ2) is 13.1. The van der Waals surface area contributed by atoms with Crippen molar-refractivity contribution in [2.45, 2.75) is 109 Å². The lowest BCUT2D eigenvalue weighted by Gasteiger charge is -2.28. The fourth-order valence-electron chi connectivity index (χ4n) is 4.83. The first-order chi connectivity index (χ1) is 15.2. The normalized spacial score (nSPS) is 23.3. The van der Waals surface area contributed by atoms with Gasteiger partial charge in [-0.1, -0.05) is 38.3 Å². The molecule has 1 atom stereocenters. The van der Waals surface area contributed by atoms with Gasteiger partial charge in [0.2, 0.25) is 0 Å². The van der Waals surface area contributed by atoms with Crippen LogP contribution in [0.1, 0.15) is 102 Å². The zero-order valence-corrected chi connectivity index (χ0v) is 19.2. The topological polar surface area (TPSA) is 35.5 Å². The number of unbranched alkanes of at least 4 members (excludes halogenated alkanes) is 3.